The van der Waals surface area contributed by atoms with E-state index in [1.54, 1.807) is 17.7 Å². The minimum atomic E-state index is 0.489. The molecule has 0 saturated carbocycles. The molecule has 7 heteroatoms. The maximum Gasteiger partial charge on any atom is 0.134 e. The van der Waals surface area contributed by atoms with Crippen molar-refractivity contribution in [2.24, 2.45) is 0 Å². The van der Waals surface area contributed by atoms with E-state index >= 15 is 0 Å². The molecule has 0 bridgehead atoms. The Hall–Kier alpha value is -1.73. The molecule has 2 aromatic heterocycles. The summed E-state index contributed by atoms with van der Waals surface area (Å²) < 4.78 is 0. The third-order valence-electron chi connectivity index (χ3n) is 3.75. The fourth-order valence-corrected chi connectivity index (χ4v) is 3.24. The molecule has 0 amide bonds. The number of hydrogen-bond acceptors (Lipinski definition) is 7. The van der Waals surface area contributed by atoms with Gasteiger partial charge in [0.05, 0.1) is 11.2 Å². The largest absolute Gasteiger partial charge is 0.373 e. The monoisotopic (exact) mass is 304 g/mol. The predicted octanol–water partition coefficient (Wildman–Crippen LogP) is 1.73. The van der Waals surface area contributed by atoms with Gasteiger partial charge in [-0.15, -0.1) is 11.3 Å². The van der Waals surface area contributed by atoms with E-state index in [0.29, 0.717) is 6.04 Å². The summed E-state index contributed by atoms with van der Waals surface area (Å²) in [7, 11) is 1.88. The Bertz CT molecular complexity index is 558. The minimum Gasteiger partial charge on any atom is -0.373 e. The van der Waals surface area contributed by atoms with Crippen molar-refractivity contribution in [1.82, 2.24) is 20.3 Å². The lowest BCUT2D eigenvalue weighted by Crippen LogP contribution is -2.38. The maximum atomic E-state index is 4.41. The normalized spacial score (nSPS) is 18.1. The molecular weight excluding hydrogens is 284 g/mol. The van der Waals surface area contributed by atoms with E-state index in [4.69, 9.17) is 0 Å². The Morgan fingerprint density at radius 1 is 1.38 bits per heavy atom. The quantitative estimate of drug-likeness (QED) is 0.847. The van der Waals surface area contributed by atoms with Crippen molar-refractivity contribution in [1.29, 1.82) is 0 Å². The van der Waals surface area contributed by atoms with Gasteiger partial charge in [-0.3, -0.25) is 0 Å². The average Bonchev–Trinajstić information content (AvgIpc) is 3.19. The van der Waals surface area contributed by atoms with Gasteiger partial charge in [0.15, 0.2) is 0 Å². The van der Waals surface area contributed by atoms with Crippen molar-refractivity contribution >= 4 is 23.0 Å². The van der Waals surface area contributed by atoms with Gasteiger partial charge in [0.2, 0.25) is 0 Å². The van der Waals surface area contributed by atoms with Crippen LogP contribution in [-0.4, -0.2) is 41.1 Å². The van der Waals surface area contributed by atoms with Crippen molar-refractivity contribution in [3.8, 4) is 0 Å². The van der Waals surface area contributed by atoms with E-state index in [1.165, 1.54) is 12.8 Å². The van der Waals surface area contributed by atoms with Gasteiger partial charge in [-0.1, -0.05) is 0 Å². The molecule has 3 rings (SSSR count). The van der Waals surface area contributed by atoms with Crippen LogP contribution >= 0.6 is 11.3 Å². The summed E-state index contributed by atoms with van der Waals surface area (Å²) in [5.74, 6) is 1.87. The van der Waals surface area contributed by atoms with Gasteiger partial charge in [0, 0.05) is 44.2 Å². The lowest BCUT2D eigenvalue weighted by atomic mass is 10.2. The zero-order valence-corrected chi connectivity index (χ0v) is 12.9. The summed E-state index contributed by atoms with van der Waals surface area (Å²) in [5, 5.41) is 8.65. The van der Waals surface area contributed by atoms with Crippen molar-refractivity contribution < 1.29 is 0 Å². The standard InChI is InChI=1S/C14H20N6S/c1-15-13-5-14(18-9-17-13)20-4-2-3-12(20)7-16-6-11-8-21-10-19-11/h5,8-10,12,16H,2-4,6-7H2,1H3,(H,15,17,18)/t12-/m0/s1. The second-order valence-electron chi connectivity index (χ2n) is 5.11. The third-order valence-corrected chi connectivity index (χ3v) is 4.39. The van der Waals surface area contributed by atoms with Crippen LogP contribution in [0.1, 0.15) is 18.5 Å². The van der Waals surface area contributed by atoms with Gasteiger partial charge in [-0.2, -0.15) is 0 Å². The number of nitrogens with zero attached hydrogens (tertiary/aromatic N) is 4. The van der Waals surface area contributed by atoms with Crippen LogP contribution in [-0.2, 0) is 6.54 Å². The zero-order chi connectivity index (χ0) is 14.5. The summed E-state index contributed by atoms with van der Waals surface area (Å²) in [4.78, 5) is 15.3. The SMILES string of the molecule is CNc1cc(N2CCC[C@H]2CNCc2cscn2)ncn1. The second-order valence-corrected chi connectivity index (χ2v) is 5.83. The molecule has 3 heterocycles. The maximum absolute atomic E-state index is 4.41. The zero-order valence-electron chi connectivity index (χ0n) is 12.1. The van der Waals surface area contributed by atoms with Gasteiger partial charge in [-0.25, -0.2) is 15.0 Å². The molecule has 2 N–H and O–H groups in total. The van der Waals surface area contributed by atoms with E-state index in [-0.39, 0.29) is 0 Å². The summed E-state index contributed by atoms with van der Waals surface area (Å²) >= 11 is 1.64. The molecule has 21 heavy (non-hydrogen) atoms. The van der Waals surface area contributed by atoms with Gasteiger partial charge in [0.25, 0.3) is 0 Å². The smallest absolute Gasteiger partial charge is 0.134 e. The molecule has 6 nitrogen and oxygen atoms in total. The molecule has 2 aromatic rings. The lowest BCUT2D eigenvalue weighted by Gasteiger charge is -2.26. The Labute approximate surface area is 128 Å². The molecule has 1 aliphatic heterocycles. The highest BCUT2D eigenvalue weighted by Gasteiger charge is 2.25. The molecular formula is C14H20N6S. The summed E-state index contributed by atoms with van der Waals surface area (Å²) in [6.07, 6.45) is 4.03. The van der Waals surface area contributed by atoms with Crippen LogP contribution in [0.4, 0.5) is 11.6 Å². The van der Waals surface area contributed by atoms with Crippen molar-refractivity contribution in [2.75, 3.05) is 30.4 Å². The first-order chi connectivity index (χ1) is 10.4. The van der Waals surface area contributed by atoms with E-state index in [1.807, 2.05) is 18.6 Å². The van der Waals surface area contributed by atoms with Gasteiger partial charge in [0.1, 0.15) is 18.0 Å². The summed E-state index contributed by atoms with van der Waals surface area (Å²) in [6, 6.07) is 2.50. The van der Waals surface area contributed by atoms with Gasteiger partial charge < -0.3 is 15.5 Å². The first-order valence-corrected chi connectivity index (χ1v) is 8.15. The van der Waals surface area contributed by atoms with E-state index in [9.17, 15) is 0 Å². The molecule has 112 valence electrons. The Morgan fingerprint density at radius 3 is 3.14 bits per heavy atom. The van der Waals surface area contributed by atoms with Crippen LogP contribution in [0, 0.1) is 0 Å². The van der Waals surface area contributed by atoms with Gasteiger partial charge in [-0.05, 0) is 12.8 Å². The highest BCUT2D eigenvalue weighted by Crippen LogP contribution is 2.24. The molecule has 0 radical (unpaired) electrons. The average molecular weight is 304 g/mol. The Morgan fingerprint density at radius 2 is 2.33 bits per heavy atom. The molecule has 1 fully saturated rings. The molecule has 0 aromatic carbocycles. The number of rotatable bonds is 6. The van der Waals surface area contributed by atoms with E-state index in [0.717, 1.165) is 37.0 Å². The molecule has 1 aliphatic rings. The molecule has 0 unspecified atom stereocenters. The number of thiazole rings is 1. The molecule has 1 atom stereocenters. The third kappa shape index (κ3) is 3.48. The number of aromatic nitrogens is 3. The second kappa shape index (κ2) is 6.82. The molecule has 1 saturated heterocycles. The fraction of sp³-hybridized carbons (Fsp3) is 0.500. The molecule has 0 aliphatic carbocycles. The van der Waals surface area contributed by atoms with Crippen molar-refractivity contribution in [3.63, 3.8) is 0 Å². The minimum absolute atomic E-state index is 0.489. The van der Waals surface area contributed by atoms with Crippen molar-refractivity contribution in [3.05, 3.63) is 29.0 Å². The predicted molar refractivity (Wildman–Crippen MR) is 85.8 cm³/mol. The van der Waals surface area contributed by atoms with Crippen LogP contribution in [0.2, 0.25) is 0 Å². The summed E-state index contributed by atoms with van der Waals surface area (Å²) in [5.41, 5.74) is 2.99. The topological polar surface area (TPSA) is 66.0 Å². The Balaban J connectivity index is 1.59. The first kappa shape index (κ1) is 14.2. The van der Waals surface area contributed by atoms with Crippen molar-refractivity contribution in [2.45, 2.75) is 25.4 Å². The lowest BCUT2D eigenvalue weighted by molar-refractivity contribution is 0.567. The molecule has 0 spiro atoms. The van der Waals surface area contributed by atoms with Crippen LogP contribution in [0.3, 0.4) is 0 Å². The van der Waals surface area contributed by atoms with Crippen LogP contribution in [0.5, 0.6) is 0 Å². The van der Waals surface area contributed by atoms with Gasteiger partial charge >= 0.3 is 0 Å². The van der Waals surface area contributed by atoms with Crippen LogP contribution in [0.15, 0.2) is 23.3 Å². The van der Waals surface area contributed by atoms with Crippen LogP contribution < -0.4 is 15.5 Å². The summed E-state index contributed by atoms with van der Waals surface area (Å²) in [6.45, 7) is 2.85. The van der Waals surface area contributed by atoms with Crippen LogP contribution in [0.25, 0.3) is 0 Å². The number of nitrogens with one attached hydrogen (secondary N) is 2. The highest BCUT2D eigenvalue weighted by molar-refractivity contribution is 7.07. The first-order valence-electron chi connectivity index (χ1n) is 7.21. The number of hydrogen-bond donors (Lipinski definition) is 2. The Kier molecular flexibility index (Phi) is 4.62. The van der Waals surface area contributed by atoms with E-state index in [2.05, 4.69) is 35.9 Å². The highest BCUT2D eigenvalue weighted by atomic mass is 32.1. The van der Waals surface area contributed by atoms with E-state index < -0.39 is 0 Å². The fourth-order valence-electron chi connectivity index (χ4n) is 2.68. The number of anilines is 2.